The molecule has 0 fully saturated rings. The molecule has 0 atom stereocenters. The van der Waals surface area contributed by atoms with Gasteiger partial charge in [-0.05, 0) is 18.6 Å². The van der Waals surface area contributed by atoms with Gasteiger partial charge in [-0.15, -0.1) is 11.8 Å². The third-order valence-corrected chi connectivity index (χ3v) is 3.60. The normalized spacial score (nSPS) is 10.1. The van der Waals surface area contributed by atoms with E-state index in [1.807, 2.05) is 18.2 Å². The number of carbonyl (C=O) groups excluding carboxylic acids is 1. The average molecular weight is 288 g/mol. The van der Waals surface area contributed by atoms with Gasteiger partial charge in [-0.25, -0.2) is 0 Å². The zero-order valence-electron chi connectivity index (χ0n) is 9.69. The summed E-state index contributed by atoms with van der Waals surface area (Å²) < 4.78 is 0. The molecule has 1 amide bonds. The van der Waals surface area contributed by atoms with Crippen molar-refractivity contribution in [1.82, 2.24) is 5.32 Å². The van der Waals surface area contributed by atoms with Gasteiger partial charge in [0.15, 0.2) is 0 Å². The van der Waals surface area contributed by atoms with Gasteiger partial charge < -0.3 is 10.4 Å². The molecule has 0 aliphatic rings. The minimum absolute atomic E-state index is 0.0674. The summed E-state index contributed by atoms with van der Waals surface area (Å²) in [6, 6.07) is 7.32. The molecule has 98 valence electrons. The summed E-state index contributed by atoms with van der Waals surface area (Å²) in [5, 5.41) is 11.7. The molecule has 0 aliphatic heterocycles. The van der Waals surface area contributed by atoms with Crippen molar-refractivity contribution in [2.45, 2.75) is 17.7 Å². The van der Waals surface area contributed by atoms with Crippen molar-refractivity contribution in [3.05, 3.63) is 29.3 Å². The Hall–Kier alpha value is -1.20. The number of halogens is 1. The summed E-state index contributed by atoms with van der Waals surface area (Å²) >= 11 is 7.31. The Morgan fingerprint density at radius 2 is 2.06 bits per heavy atom. The van der Waals surface area contributed by atoms with E-state index >= 15 is 0 Å². The smallest absolute Gasteiger partial charge is 0.303 e. The van der Waals surface area contributed by atoms with Crippen LogP contribution in [0.25, 0.3) is 0 Å². The third kappa shape index (κ3) is 5.93. The van der Waals surface area contributed by atoms with Gasteiger partial charge >= 0.3 is 5.97 Å². The van der Waals surface area contributed by atoms with E-state index in [4.69, 9.17) is 16.7 Å². The highest BCUT2D eigenvalue weighted by atomic mass is 35.5. The van der Waals surface area contributed by atoms with Gasteiger partial charge in [0.1, 0.15) is 0 Å². The second-order valence-electron chi connectivity index (χ2n) is 3.57. The molecule has 2 N–H and O–H groups in total. The van der Waals surface area contributed by atoms with Crippen LogP contribution >= 0.6 is 23.4 Å². The Balaban J connectivity index is 2.21. The third-order valence-electron chi connectivity index (χ3n) is 2.09. The molecule has 6 heteroatoms. The van der Waals surface area contributed by atoms with E-state index in [2.05, 4.69) is 5.32 Å². The van der Waals surface area contributed by atoms with Crippen LogP contribution in [-0.2, 0) is 9.59 Å². The first kappa shape index (κ1) is 14.9. The number of rotatable bonds is 7. The molecule has 1 aromatic carbocycles. The van der Waals surface area contributed by atoms with Crippen molar-refractivity contribution in [2.75, 3.05) is 12.3 Å². The molecule has 0 bridgehead atoms. The minimum atomic E-state index is -0.852. The number of carboxylic acid groups (broad SMARTS) is 1. The van der Waals surface area contributed by atoms with Gasteiger partial charge in [-0.3, -0.25) is 9.59 Å². The van der Waals surface area contributed by atoms with Crippen LogP contribution in [0, 0.1) is 0 Å². The molecule has 0 unspecified atom stereocenters. The van der Waals surface area contributed by atoms with Crippen molar-refractivity contribution in [1.29, 1.82) is 0 Å². The van der Waals surface area contributed by atoms with Crippen LogP contribution < -0.4 is 5.32 Å². The Bertz CT molecular complexity index is 426. The van der Waals surface area contributed by atoms with Crippen LogP contribution in [0.4, 0.5) is 0 Å². The van der Waals surface area contributed by atoms with E-state index in [-0.39, 0.29) is 18.1 Å². The van der Waals surface area contributed by atoms with Gasteiger partial charge in [0.25, 0.3) is 0 Å². The summed E-state index contributed by atoms with van der Waals surface area (Å²) in [5.41, 5.74) is 0. The van der Waals surface area contributed by atoms with Crippen molar-refractivity contribution in [3.8, 4) is 0 Å². The molecule has 0 heterocycles. The topological polar surface area (TPSA) is 66.4 Å². The van der Waals surface area contributed by atoms with Crippen molar-refractivity contribution >= 4 is 35.2 Å². The monoisotopic (exact) mass is 287 g/mol. The Morgan fingerprint density at radius 1 is 1.33 bits per heavy atom. The molecular weight excluding hydrogens is 274 g/mol. The first-order valence-corrected chi connectivity index (χ1v) is 6.82. The van der Waals surface area contributed by atoms with Crippen LogP contribution in [0.3, 0.4) is 0 Å². The number of amides is 1. The van der Waals surface area contributed by atoms with Crippen molar-refractivity contribution < 1.29 is 14.7 Å². The lowest BCUT2D eigenvalue weighted by atomic mass is 10.3. The second-order valence-corrected chi connectivity index (χ2v) is 4.99. The van der Waals surface area contributed by atoms with E-state index in [0.29, 0.717) is 18.0 Å². The van der Waals surface area contributed by atoms with E-state index in [9.17, 15) is 9.59 Å². The number of benzene rings is 1. The van der Waals surface area contributed by atoms with Gasteiger partial charge in [-0.2, -0.15) is 0 Å². The summed E-state index contributed by atoms with van der Waals surface area (Å²) in [4.78, 5) is 22.6. The average Bonchev–Trinajstić information content (AvgIpc) is 2.33. The maximum absolute atomic E-state index is 11.4. The molecule has 0 saturated carbocycles. The lowest BCUT2D eigenvalue weighted by Gasteiger charge is -2.05. The highest BCUT2D eigenvalue weighted by Crippen LogP contribution is 2.26. The minimum Gasteiger partial charge on any atom is -0.481 e. The summed E-state index contributed by atoms with van der Waals surface area (Å²) in [5.74, 6) is -0.698. The highest BCUT2D eigenvalue weighted by molar-refractivity contribution is 8.00. The zero-order chi connectivity index (χ0) is 13.4. The molecule has 1 aromatic rings. The lowest BCUT2D eigenvalue weighted by Crippen LogP contribution is -2.26. The number of hydrogen-bond acceptors (Lipinski definition) is 3. The van der Waals surface area contributed by atoms with Gasteiger partial charge in [-0.1, -0.05) is 23.7 Å². The zero-order valence-corrected chi connectivity index (χ0v) is 11.3. The van der Waals surface area contributed by atoms with E-state index in [0.717, 1.165) is 4.90 Å². The molecule has 4 nitrogen and oxygen atoms in total. The number of aliphatic carboxylic acids is 1. The van der Waals surface area contributed by atoms with Crippen molar-refractivity contribution in [3.63, 3.8) is 0 Å². The molecular formula is C12H14ClNO3S. The highest BCUT2D eigenvalue weighted by Gasteiger charge is 2.05. The summed E-state index contributed by atoms with van der Waals surface area (Å²) in [7, 11) is 0. The number of hydrogen-bond donors (Lipinski definition) is 2. The SMILES string of the molecule is O=C(O)CCCNC(=O)CSc1ccccc1Cl. The largest absolute Gasteiger partial charge is 0.481 e. The fraction of sp³-hybridized carbons (Fsp3) is 0.333. The molecule has 0 radical (unpaired) electrons. The number of carbonyl (C=O) groups is 2. The van der Waals surface area contributed by atoms with Crippen LogP contribution in [0.2, 0.25) is 5.02 Å². The van der Waals surface area contributed by atoms with Gasteiger partial charge in [0, 0.05) is 17.9 Å². The predicted molar refractivity (Wildman–Crippen MR) is 72.1 cm³/mol. The number of nitrogens with one attached hydrogen (secondary N) is 1. The maximum Gasteiger partial charge on any atom is 0.303 e. The first-order valence-electron chi connectivity index (χ1n) is 5.45. The number of carboxylic acids is 1. The van der Waals surface area contributed by atoms with Gasteiger partial charge in [0.2, 0.25) is 5.91 Å². The van der Waals surface area contributed by atoms with Crippen LogP contribution in [0.5, 0.6) is 0 Å². The predicted octanol–water partition coefficient (Wildman–Crippen LogP) is 2.41. The fourth-order valence-corrected chi connectivity index (χ4v) is 2.29. The first-order chi connectivity index (χ1) is 8.59. The van der Waals surface area contributed by atoms with Crippen LogP contribution in [0.15, 0.2) is 29.2 Å². The molecule has 18 heavy (non-hydrogen) atoms. The Morgan fingerprint density at radius 3 is 2.72 bits per heavy atom. The molecule has 1 rings (SSSR count). The maximum atomic E-state index is 11.4. The van der Waals surface area contributed by atoms with E-state index < -0.39 is 5.97 Å². The lowest BCUT2D eigenvalue weighted by molar-refractivity contribution is -0.137. The number of thioether (sulfide) groups is 1. The summed E-state index contributed by atoms with van der Waals surface area (Å²) in [6.45, 7) is 0.383. The van der Waals surface area contributed by atoms with E-state index in [1.165, 1.54) is 11.8 Å². The molecule has 0 saturated heterocycles. The molecule has 0 aromatic heterocycles. The van der Waals surface area contributed by atoms with E-state index in [1.54, 1.807) is 6.07 Å². The second kappa shape index (κ2) is 8.00. The van der Waals surface area contributed by atoms with Gasteiger partial charge in [0.05, 0.1) is 10.8 Å². The Labute approximate surface area is 115 Å². The summed E-state index contributed by atoms with van der Waals surface area (Å²) in [6.07, 6.45) is 0.510. The molecule has 0 spiro atoms. The quantitative estimate of drug-likeness (QED) is 0.597. The van der Waals surface area contributed by atoms with Crippen LogP contribution in [-0.4, -0.2) is 29.3 Å². The van der Waals surface area contributed by atoms with Crippen molar-refractivity contribution in [2.24, 2.45) is 0 Å². The van der Waals surface area contributed by atoms with Crippen LogP contribution in [0.1, 0.15) is 12.8 Å². The standard InChI is InChI=1S/C12H14ClNO3S/c13-9-4-1-2-5-10(9)18-8-11(15)14-7-3-6-12(16)17/h1-2,4-5H,3,6-8H2,(H,14,15)(H,16,17). The fourth-order valence-electron chi connectivity index (χ4n) is 1.22. The molecule has 0 aliphatic carbocycles. The Kier molecular flexibility index (Phi) is 6.60.